The van der Waals surface area contributed by atoms with Crippen LogP contribution in [-0.4, -0.2) is 29.1 Å². The van der Waals surface area contributed by atoms with Crippen LogP contribution in [0.25, 0.3) is 0 Å². The van der Waals surface area contributed by atoms with E-state index in [0.717, 1.165) is 18.9 Å². The summed E-state index contributed by atoms with van der Waals surface area (Å²) in [6.07, 6.45) is 0.135. The molecular weight excluding hydrogens is 291 g/mol. The lowest BCUT2D eigenvalue weighted by Gasteiger charge is -2.51. The highest BCUT2D eigenvalue weighted by Gasteiger charge is 2.45. The van der Waals surface area contributed by atoms with E-state index in [9.17, 15) is 18.3 Å². The maximum absolute atomic E-state index is 12.9. The predicted octanol–water partition coefficient (Wildman–Crippen LogP) is 3.85. The molecule has 0 spiro atoms. The summed E-state index contributed by atoms with van der Waals surface area (Å²) in [5, 5.41) is 11.1. The zero-order valence-corrected chi connectivity index (χ0v) is 13.0. The van der Waals surface area contributed by atoms with Gasteiger partial charge >= 0.3 is 6.18 Å². The van der Waals surface area contributed by atoms with Crippen LogP contribution in [0.15, 0.2) is 18.2 Å². The highest BCUT2D eigenvalue weighted by atomic mass is 19.4. The molecule has 1 aromatic carbocycles. The third-order valence-corrected chi connectivity index (χ3v) is 5.44. The van der Waals surface area contributed by atoms with Crippen molar-refractivity contribution >= 4 is 0 Å². The third kappa shape index (κ3) is 2.65. The Hall–Kier alpha value is -1.07. The Morgan fingerprint density at radius 1 is 1.18 bits per heavy atom. The molecule has 2 aliphatic heterocycles. The minimum Gasteiger partial charge on any atom is -0.385 e. The topological polar surface area (TPSA) is 23.5 Å². The number of halogens is 3. The number of hydrogen-bond acceptors (Lipinski definition) is 2. The van der Waals surface area contributed by atoms with Gasteiger partial charge in [0.15, 0.2) is 0 Å². The summed E-state index contributed by atoms with van der Waals surface area (Å²) in [5.74, 6) is 0. The van der Waals surface area contributed by atoms with E-state index in [2.05, 4.69) is 11.9 Å². The molecular formula is C17H22F3NO. The van der Waals surface area contributed by atoms with Crippen molar-refractivity contribution in [2.75, 3.05) is 7.05 Å². The summed E-state index contributed by atoms with van der Waals surface area (Å²) in [7, 11) is 2.09. The van der Waals surface area contributed by atoms with Crippen LogP contribution in [-0.2, 0) is 11.8 Å². The fourth-order valence-electron chi connectivity index (χ4n) is 4.16. The van der Waals surface area contributed by atoms with E-state index in [1.54, 1.807) is 0 Å². The lowest BCUT2D eigenvalue weighted by atomic mass is 9.72. The van der Waals surface area contributed by atoms with Crippen molar-refractivity contribution in [1.29, 1.82) is 0 Å². The second-order valence-electron chi connectivity index (χ2n) is 6.87. The first-order chi connectivity index (χ1) is 10.2. The Morgan fingerprint density at radius 2 is 1.77 bits per heavy atom. The van der Waals surface area contributed by atoms with E-state index < -0.39 is 17.3 Å². The van der Waals surface area contributed by atoms with Crippen LogP contribution < -0.4 is 0 Å². The quantitative estimate of drug-likeness (QED) is 0.851. The molecule has 2 atom stereocenters. The van der Waals surface area contributed by atoms with Crippen molar-refractivity contribution in [3.05, 3.63) is 34.9 Å². The van der Waals surface area contributed by atoms with E-state index in [4.69, 9.17) is 0 Å². The van der Waals surface area contributed by atoms with Gasteiger partial charge in [-0.2, -0.15) is 13.2 Å². The van der Waals surface area contributed by atoms with Gasteiger partial charge in [-0.15, -0.1) is 0 Å². The smallest absolute Gasteiger partial charge is 0.385 e. The molecule has 0 aliphatic carbocycles. The first-order valence-corrected chi connectivity index (χ1v) is 7.83. The summed E-state index contributed by atoms with van der Waals surface area (Å²) < 4.78 is 38.7. The van der Waals surface area contributed by atoms with E-state index in [-0.39, 0.29) is 5.56 Å². The molecule has 1 N–H and O–H groups in total. The van der Waals surface area contributed by atoms with Crippen LogP contribution in [0.2, 0.25) is 0 Å². The molecule has 5 heteroatoms. The molecule has 0 amide bonds. The predicted molar refractivity (Wildman–Crippen MR) is 78.5 cm³/mol. The van der Waals surface area contributed by atoms with Gasteiger partial charge in [-0.1, -0.05) is 18.6 Å². The molecule has 2 saturated heterocycles. The summed E-state index contributed by atoms with van der Waals surface area (Å²) in [4.78, 5) is 2.33. The first-order valence-electron chi connectivity index (χ1n) is 7.83. The summed E-state index contributed by atoms with van der Waals surface area (Å²) in [6.45, 7) is 1.46. The number of benzene rings is 1. The third-order valence-electron chi connectivity index (χ3n) is 5.44. The Kier molecular flexibility index (Phi) is 3.76. The van der Waals surface area contributed by atoms with Crippen LogP contribution in [0, 0.1) is 6.92 Å². The number of piperidine rings is 2. The number of aliphatic hydroxyl groups is 1. The minimum absolute atomic E-state index is 0.183. The number of rotatable bonds is 1. The van der Waals surface area contributed by atoms with Gasteiger partial charge in [-0.05, 0) is 56.8 Å². The highest BCUT2D eigenvalue weighted by molar-refractivity contribution is 5.36. The van der Waals surface area contributed by atoms with Gasteiger partial charge in [0.1, 0.15) is 0 Å². The second-order valence-corrected chi connectivity index (χ2v) is 6.87. The zero-order valence-electron chi connectivity index (χ0n) is 13.0. The summed E-state index contributed by atoms with van der Waals surface area (Å²) in [6, 6.07) is 4.72. The average molecular weight is 313 g/mol. The molecule has 2 aliphatic rings. The fourth-order valence-corrected chi connectivity index (χ4v) is 4.16. The van der Waals surface area contributed by atoms with Gasteiger partial charge in [0.25, 0.3) is 0 Å². The number of alkyl halides is 3. The number of hydrogen-bond donors (Lipinski definition) is 1. The van der Waals surface area contributed by atoms with Crippen LogP contribution in [0.4, 0.5) is 13.2 Å². The largest absolute Gasteiger partial charge is 0.416 e. The summed E-state index contributed by atoms with van der Waals surface area (Å²) in [5.41, 5.74) is -0.810. The van der Waals surface area contributed by atoms with Gasteiger partial charge < -0.3 is 10.0 Å². The van der Waals surface area contributed by atoms with Crippen molar-refractivity contribution in [2.45, 2.75) is 62.9 Å². The SMILES string of the molecule is Cc1cc(C2(O)CC3CCCC(C2)N3C)ccc1C(F)(F)F. The Balaban J connectivity index is 1.92. The Bertz CT molecular complexity index is 556. The molecule has 2 heterocycles. The van der Waals surface area contributed by atoms with Crippen LogP contribution >= 0.6 is 0 Å². The molecule has 22 heavy (non-hydrogen) atoms. The standard InChI is InChI=1S/C17H22F3NO/c1-11-8-12(6-7-15(11)17(18,19)20)16(22)9-13-4-3-5-14(10-16)21(13)2/h6-8,13-14,22H,3-5,9-10H2,1-2H3. The fraction of sp³-hybridized carbons (Fsp3) is 0.647. The van der Waals surface area contributed by atoms with Gasteiger partial charge in [0.2, 0.25) is 0 Å². The monoisotopic (exact) mass is 313 g/mol. The molecule has 3 rings (SSSR count). The summed E-state index contributed by atoms with van der Waals surface area (Å²) >= 11 is 0. The minimum atomic E-state index is -4.34. The second kappa shape index (κ2) is 5.24. The normalized spacial score (nSPS) is 33.0. The van der Waals surface area contributed by atoms with E-state index in [0.29, 0.717) is 30.5 Å². The molecule has 2 nitrogen and oxygen atoms in total. The molecule has 122 valence electrons. The lowest BCUT2D eigenvalue weighted by Crippen LogP contribution is -2.55. The highest BCUT2D eigenvalue weighted by Crippen LogP contribution is 2.44. The molecule has 1 aromatic rings. The lowest BCUT2D eigenvalue weighted by molar-refractivity contribution is -0.138. The van der Waals surface area contributed by atoms with Crippen molar-refractivity contribution in [1.82, 2.24) is 4.90 Å². The molecule has 0 radical (unpaired) electrons. The van der Waals surface area contributed by atoms with Crippen molar-refractivity contribution < 1.29 is 18.3 Å². The van der Waals surface area contributed by atoms with Gasteiger partial charge in [0, 0.05) is 12.1 Å². The van der Waals surface area contributed by atoms with Crippen LogP contribution in [0.3, 0.4) is 0 Å². The first kappa shape index (κ1) is 15.8. The Morgan fingerprint density at radius 3 is 2.27 bits per heavy atom. The maximum atomic E-state index is 12.9. The number of nitrogens with zero attached hydrogens (tertiary/aromatic N) is 1. The van der Waals surface area contributed by atoms with Crippen LogP contribution in [0.5, 0.6) is 0 Å². The van der Waals surface area contributed by atoms with Crippen LogP contribution in [0.1, 0.15) is 48.8 Å². The Labute approximate surface area is 128 Å². The van der Waals surface area contributed by atoms with E-state index >= 15 is 0 Å². The molecule has 2 fully saturated rings. The number of aryl methyl sites for hydroxylation is 1. The molecule has 0 saturated carbocycles. The zero-order chi connectivity index (χ0) is 16.1. The molecule has 2 unspecified atom stereocenters. The van der Waals surface area contributed by atoms with Gasteiger partial charge in [0.05, 0.1) is 11.2 Å². The van der Waals surface area contributed by atoms with Gasteiger partial charge in [-0.3, -0.25) is 0 Å². The van der Waals surface area contributed by atoms with Gasteiger partial charge in [-0.25, -0.2) is 0 Å². The average Bonchev–Trinajstić information content (AvgIpc) is 2.39. The maximum Gasteiger partial charge on any atom is 0.416 e. The number of fused-ring (bicyclic) bond motifs is 2. The van der Waals surface area contributed by atoms with Crippen molar-refractivity contribution in [2.24, 2.45) is 0 Å². The van der Waals surface area contributed by atoms with E-state index in [1.165, 1.54) is 25.5 Å². The van der Waals surface area contributed by atoms with Crippen molar-refractivity contribution in [3.8, 4) is 0 Å². The molecule has 0 aromatic heterocycles. The van der Waals surface area contributed by atoms with Crippen molar-refractivity contribution in [3.63, 3.8) is 0 Å². The van der Waals surface area contributed by atoms with E-state index in [1.807, 2.05) is 0 Å². The molecule has 2 bridgehead atoms.